The van der Waals surface area contributed by atoms with Gasteiger partial charge in [-0.15, -0.1) is 0 Å². The molecule has 0 aliphatic carbocycles. The number of anilines is 2. The molecule has 0 radical (unpaired) electrons. The van der Waals surface area contributed by atoms with E-state index in [1.807, 2.05) is 26.0 Å². The van der Waals surface area contributed by atoms with Gasteiger partial charge in [-0.25, -0.2) is 19.7 Å². The second kappa shape index (κ2) is 16.8. The van der Waals surface area contributed by atoms with Crippen LogP contribution < -0.4 is 31.6 Å². The molecule has 0 atom stereocenters. The maximum Gasteiger partial charge on any atom is 0.410 e. The fourth-order valence-electron chi connectivity index (χ4n) is 7.96. The molecular formula is C44H50N12O9. The highest BCUT2D eigenvalue weighted by Crippen LogP contribution is 2.39. The van der Waals surface area contributed by atoms with Gasteiger partial charge in [-0.05, 0) is 71.4 Å². The molecule has 65 heavy (non-hydrogen) atoms. The second-order valence-electron chi connectivity index (χ2n) is 17.1. The molecule has 1 spiro atoms. The number of hydrogen-bond donors (Lipinski definition) is 4. The molecule has 1 fully saturated rings. The zero-order valence-electron chi connectivity index (χ0n) is 37.1. The number of carbonyl (C=O) groups is 5. The summed E-state index contributed by atoms with van der Waals surface area (Å²) >= 11 is 0. The lowest BCUT2D eigenvalue weighted by molar-refractivity contribution is -0.0692. The minimum Gasteiger partial charge on any atom is -0.490 e. The second-order valence-corrected chi connectivity index (χ2v) is 17.1. The van der Waals surface area contributed by atoms with Crippen LogP contribution in [0.25, 0.3) is 22.1 Å². The number of ether oxygens (including phenoxy) is 3. The third-order valence-electron chi connectivity index (χ3n) is 10.9. The molecule has 0 bridgehead atoms. The molecule has 0 unspecified atom stereocenters. The van der Waals surface area contributed by atoms with Crippen molar-refractivity contribution in [3.63, 3.8) is 0 Å². The molecule has 0 saturated carbocycles. The summed E-state index contributed by atoms with van der Waals surface area (Å²) in [5.41, 5.74) is 13.1. The zero-order chi connectivity index (χ0) is 46.5. The quantitative estimate of drug-likeness (QED) is 0.151. The van der Waals surface area contributed by atoms with Gasteiger partial charge in [-0.3, -0.25) is 34.5 Å². The molecular weight excluding hydrogens is 841 g/mol. The average Bonchev–Trinajstić information content (AvgIpc) is 3.99. The summed E-state index contributed by atoms with van der Waals surface area (Å²) < 4.78 is 29.7. The van der Waals surface area contributed by atoms with Crippen LogP contribution in [0.4, 0.5) is 16.7 Å². The Morgan fingerprint density at radius 3 is 1.82 bits per heavy atom. The molecule has 6 N–H and O–H groups in total. The lowest BCUT2D eigenvalue weighted by atomic mass is 9.81. The highest BCUT2D eigenvalue weighted by molar-refractivity contribution is 6.05. The van der Waals surface area contributed by atoms with Gasteiger partial charge in [0.05, 0.1) is 27.8 Å². The molecule has 5 amide bonds. The Morgan fingerprint density at radius 2 is 1.32 bits per heavy atom. The Labute approximate surface area is 372 Å². The zero-order valence-corrected chi connectivity index (χ0v) is 37.1. The molecule has 2 aromatic carbocycles. The SMILES string of the molecule is CCc1nc(C)oc1C(=O)Nc1nc2cc(C(N)=O)cc3c2n1C/C=C\Cn1c(NC(=O)c2cc(C)nn2CC)nc2cc(C(N)=O)cc(c21)OCC1(CO3)CN(C(=O)OC(C)(C)C)C1. The number of amides is 5. The highest BCUT2D eigenvalue weighted by atomic mass is 16.6. The Morgan fingerprint density at radius 1 is 0.785 bits per heavy atom. The topological polar surface area (TPSA) is 272 Å². The number of rotatable bonds is 8. The summed E-state index contributed by atoms with van der Waals surface area (Å²) in [4.78, 5) is 81.8. The number of likely N-dealkylation sites (tertiary alicyclic amines) is 1. The lowest BCUT2D eigenvalue weighted by Crippen LogP contribution is -2.64. The number of benzene rings is 2. The van der Waals surface area contributed by atoms with Gasteiger partial charge in [0.2, 0.25) is 29.5 Å². The van der Waals surface area contributed by atoms with Gasteiger partial charge in [-0.1, -0.05) is 19.1 Å². The van der Waals surface area contributed by atoms with Crippen molar-refractivity contribution in [1.29, 1.82) is 0 Å². The minimum atomic E-state index is -0.902. The van der Waals surface area contributed by atoms with Crippen LogP contribution in [0, 0.1) is 19.3 Å². The van der Waals surface area contributed by atoms with Crippen LogP contribution in [-0.4, -0.2) is 100 Å². The minimum absolute atomic E-state index is 0.0299. The van der Waals surface area contributed by atoms with Crippen LogP contribution >= 0.6 is 0 Å². The van der Waals surface area contributed by atoms with Crippen LogP contribution in [-0.2, 0) is 30.8 Å². The van der Waals surface area contributed by atoms with Crippen LogP contribution in [0.2, 0.25) is 0 Å². The number of hydrogen-bond acceptors (Lipinski definition) is 13. The van der Waals surface area contributed by atoms with Crippen molar-refractivity contribution < 1.29 is 42.6 Å². The van der Waals surface area contributed by atoms with E-state index in [1.54, 1.807) is 54.5 Å². The van der Waals surface area contributed by atoms with Gasteiger partial charge >= 0.3 is 6.09 Å². The number of carbonyl (C=O) groups excluding carboxylic acids is 5. The number of nitrogens with zero attached hydrogens (tertiary/aromatic N) is 8. The van der Waals surface area contributed by atoms with Crippen molar-refractivity contribution in [2.45, 2.75) is 80.1 Å². The Balaban J connectivity index is 1.27. The first kappa shape index (κ1) is 43.9. The van der Waals surface area contributed by atoms with Gasteiger partial charge in [-0.2, -0.15) is 5.10 Å². The monoisotopic (exact) mass is 890 g/mol. The average molecular weight is 891 g/mol. The molecule has 4 aromatic heterocycles. The number of aromatic nitrogens is 7. The highest BCUT2D eigenvalue weighted by Gasteiger charge is 2.49. The predicted octanol–water partition coefficient (Wildman–Crippen LogP) is 4.74. The van der Waals surface area contributed by atoms with E-state index >= 15 is 0 Å². The van der Waals surface area contributed by atoms with Crippen molar-refractivity contribution in [3.05, 3.63) is 82.3 Å². The summed E-state index contributed by atoms with van der Waals surface area (Å²) in [5, 5.41) is 10.2. The maximum absolute atomic E-state index is 13.9. The standard InChI is InChI=1S/C44H50N12O9/c1-8-27-35(64-24(4)47-27)39(60)51-41-49-29-16-26(37(46)58)18-32-34(29)55(41)13-11-10-12-54-33-28(48-40(54)50-38(59)30-14-23(3)52-56(30)9-2)15-25(36(45)57)17-31(33)62-21-44(22-63-32)19-53(20-44)42(61)65-43(5,6)7/h10-11,14-18H,8-9,12-13,19-22H2,1-7H3,(H2,45,57)(H2,46,58)(H,48,50,59)(H,49,51,60)/b11-10-. The molecule has 21 nitrogen and oxygen atoms in total. The Bertz CT molecular complexity index is 2770. The van der Waals surface area contributed by atoms with Crippen LogP contribution in [0.1, 0.15) is 93.7 Å². The molecule has 6 heterocycles. The molecule has 2 aliphatic heterocycles. The van der Waals surface area contributed by atoms with Crippen molar-refractivity contribution in [3.8, 4) is 11.5 Å². The number of oxazole rings is 1. The molecule has 21 heteroatoms. The Hall–Kier alpha value is -7.71. The van der Waals surface area contributed by atoms with E-state index in [1.165, 1.54) is 29.2 Å². The van der Waals surface area contributed by atoms with E-state index < -0.39 is 40.7 Å². The largest absolute Gasteiger partial charge is 0.490 e. The number of allylic oxidation sites excluding steroid dienone is 2. The first-order valence-electron chi connectivity index (χ1n) is 21.1. The molecule has 8 rings (SSSR count). The van der Waals surface area contributed by atoms with Gasteiger partial charge < -0.3 is 44.1 Å². The van der Waals surface area contributed by atoms with Gasteiger partial charge in [0.25, 0.3) is 11.8 Å². The normalized spacial score (nSPS) is 15.3. The fraction of sp³-hybridized carbons (Fsp3) is 0.386. The molecule has 1 saturated heterocycles. The molecule has 2 aliphatic rings. The maximum atomic E-state index is 13.9. The van der Waals surface area contributed by atoms with E-state index in [2.05, 4.69) is 20.7 Å². The molecule has 340 valence electrons. The summed E-state index contributed by atoms with van der Waals surface area (Å²) in [6.45, 7) is 13.3. The summed E-state index contributed by atoms with van der Waals surface area (Å²) in [5.74, 6) is -1.49. The van der Waals surface area contributed by atoms with Gasteiger partial charge in [0.15, 0.2) is 5.89 Å². The summed E-state index contributed by atoms with van der Waals surface area (Å²) in [6.07, 6.45) is 3.54. The fourth-order valence-corrected chi connectivity index (χ4v) is 7.96. The van der Waals surface area contributed by atoms with Crippen LogP contribution in [0.3, 0.4) is 0 Å². The first-order valence-corrected chi connectivity index (χ1v) is 21.1. The number of aryl methyl sites for hydroxylation is 4. The lowest BCUT2D eigenvalue weighted by Gasteiger charge is -2.49. The number of nitrogens with one attached hydrogen (secondary N) is 2. The number of nitrogens with two attached hydrogens (primary N) is 2. The van der Waals surface area contributed by atoms with Crippen LogP contribution in [0.15, 0.2) is 46.9 Å². The van der Waals surface area contributed by atoms with E-state index in [4.69, 9.17) is 40.1 Å². The molecule has 6 aromatic rings. The predicted molar refractivity (Wildman–Crippen MR) is 236 cm³/mol. The van der Waals surface area contributed by atoms with Gasteiger partial charge in [0.1, 0.15) is 47.0 Å². The third-order valence-corrected chi connectivity index (χ3v) is 10.9. The summed E-state index contributed by atoms with van der Waals surface area (Å²) in [7, 11) is 0. The Kier molecular flexibility index (Phi) is 11.3. The van der Waals surface area contributed by atoms with E-state index in [-0.39, 0.29) is 85.2 Å². The van der Waals surface area contributed by atoms with E-state index in [9.17, 15) is 24.0 Å². The van der Waals surface area contributed by atoms with Crippen molar-refractivity contribution in [1.82, 2.24) is 38.8 Å². The summed E-state index contributed by atoms with van der Waals surface area (Å²) in [6, 6.07) is 7.71. The smallest absolute Gasteiger partial charge is 0.410 e. The van der Waals surface area contributed by atoms with Crippen molar-refractivity contribution in [2.75, 3.05) is 36.9 Å². The third kappa shape index (κ3) is 8.68. The number of imidazole rings is 2. The number of primary amides is 2. The first-order chi connectivity index (χ1) is 30.9. The van der Waals surface area contributed by atoms with E-state index in [0.717, 1.165) is 0 Å². The van der Waals surface area contributed by atoms with E-state index in [0.29, 0.717) is 52.5 Å². The van der Waals surface area contributed by atoms with Crippen molar-refractivity contribution in [2.24, 2.45) is 16.9 Å². The van der Waals surface area contributed by atoms with Gasteiger partial charge in [0, 0.05) is 50.8 Å². The van der Waals surface area contributed by atoms with Crippen LogP contribution in [0.5, 0.6) is 11.5 Å². The van der Waals surface area contributed by atoms with Crippen molar-refractivity contribution >= 4 is 63.7 Å².